The molecule has 0 unspecified atom stereocenters. The van der Waals surface area contributed by atoms with Gasteiger partial charge in [-0.1, -0.05) is 41.9 Å². The molecule has 2 N–H and O–H groups in total. The van der Waals surface area contributed by atoms with Gasteiger partial charge in [0.25, 0.3) is 5.91 Å². The van der Waals surface area contributed by atoms with Crippen LogP contribution in [0.25, 0.3) is 10.9 Å². The van der Waals surface area contributed by atoms with Gasteiger partial charge in [0.2, 0.25) is 0 Å². The maximum atomic E-state index is 12.9. The molecule has 0 atom stereocenters. The zero-order chi connectivity index (χ0) is 20.5. The van der Waals surface area contributed by atoms with E-state index in [1.165, 1.54) is 0 Å². The number of nitrogens with zero attached hydrogens (tertiary/aromatic N) is 2. The van der Waals surface area contributed by atoms with Gasteiger partial charge in [-0.3, -0.25) is 9.48 Å². The number of rotatable bonds is 5. The largest absolute Gasteiger partial charge is 0.496 e. The Morgan fingerprint density at radius 3 is 2.69 bits per heavy atom. The molecule has 0 aliphatic carbocycles. The summed E-state index contributed by atoms with van der Waals surface area (Å²) < 4.78 is 7.27. The summed E-state index contributed by atoms with van der Waals surface area (Å²) in [7, 11) is 1.58. The minimum atomic E-state index is -0.246. The number of fused-ring (bicyclic) bond motifs is 1. The molecule has 0 bridgehead atoms. The van der Waals surface area contributed by atoms with Crippen molar-refractivity contribution < 1.29 is 9.53 Å². The number of carbonyl (C=O) groups excluding carboxylic acids is 1. The third-order valence-corrected chi connectivity index (χ3v) is 5.14. The van der Waals surface area contributed by atoms with Crippen molar-refractivity contribution in [3.8, 4) is 5.75 Å². The van der Waals surface area contributed by atoms with Crippen LogP contribution >= 0.6 is 11.6 Å². The van der Waals surface area contributed by atoms with E-state index < -0.39 is 0 Å². The van der Waals surface area contributed by atoms with Crippen LogP contribution in [-0.4, -0.2) is 27.8 Å². The quantitative estimate of drug-likeness (QED) is 0.491. The molecular formula is C22H21ClN4O2. The van der Waals surface area contributed by atoms with E-state index in [2.05, 4.69) is 27.5 Å². The van der Waals surface area contributed by atoms with Crippen LogP contribution in [0.4, 0.5) is 5.69 Å². The van der Waals surface area contributed by atoms with Crippen molar-refractivity contribution in [1.29, 1.82) is 0 Å². The summed E-state index contributed by atoms with van der Waals surface area (Å²) in [5.74, 6) is 0.371. The maximum Gasteiger partial charge on any atom is 0.272 e. The van der Waals surface area contributed by atoms with Crippen molar-refractivity contribution in [2.45, 2.75) is 20.4 Å². The molecule has 148 valence electrons. The van der Waals surface area contributed by atoms with Crippen LogP contribution in [0.5, 0.6) is 5.75 Å². The molecular weight excluding hydrogens is 388 g/mol. The van der Waals surface area contributed by atoms with E-state index in [4.69, 9.17) is 16.3 Å². The highest BCUT2D eigenvalue weighted by molar-refractivity contribution is 6.31. The predicted molar refractivity (Wildman–Crippen MR) is 115 cm³/mol. The van der Waals surface area contributed by atoms with Crippen LogP contribution in [0.2, 0.25) is 5.02 Å². The molecule has 4 aromatic rings. The van der Waals surface area contributed by atoms with Crippen LogP contribution < -0.4 is 10.1 Å². The summed E-state index contributed by atoms with van der Waals surface area (Å²) in [6.45, 7) is 4.48. The summed E-state index contributed by atoms with van der Waals surface area (Å²) in [5.41, 5.74) is 4.70. The van der Waals surface area contributed by atoms with E-state index in [0.717, 1.165) is 33.5 Å². The Bertz CT molecular complexity index is 1190. The van der Waals surface area contributed by atoms with E-state index in [-0.39, 0.29) is 5.91 Å². The Kier molecular flexibility index (Phi) is 5.03. The number of aromatic amines is 1. The van der Waals surface area contributed by atoms with Crippen LogP contribution in [0.3, 0.4) is 0 Å². The first-order valence-electron chi connectivity index (χ1n) is 9.22. The molecule has 0 saturated carbocycles. The van der Waals surface area contributed by atoms with E-state index >= 15 is 0 Å². The molecule has 2 aromatic heterocycles. The van der Waals surface area contributed by atoms with Crippen LogP contribution in [0, 0.1) is 13.8 Å². The highest BCUT2D eigenvalue weighted by Gasteiger charge is 2.18. The van der Waals surface area contributed by atoms with Gasteiger partial charge < -0.3 is 15.0 Å². The number of halogens is 1. The monoisotopic (exact) mass is 408 g/mol. The normalized spacial score (nSPS) is 11.0. The van der Waals surface area contributed by atoms with Crippen molar-refractivity contribution in [3.63, 3.8) is 0 Å². The molecule has 0 aliphatic rings. The third-order valence-electron chi connectivity index (χ3n) is 4.92. The number of benzene rings is 2. The van der Waals surface area contributed by atoms with Gasteiger partial charge in [-0.05, 0) is 37.6 Å². The molecule has 0 aliphatic heterocycles. The average Bonchev–Trinajstić information content (AvgIpc) is 3.24. The first kappa shape index (κ1) is 19.1. The van der Waals surface area contributed by atoms with Crippen molar-refractivity contribution in [2.75, 3.05) is 12.4 Å². The Morgan fingerprint density at radius 2 is 1.97 bits per heavy atom. The van der Waals surface area contributed by atoms with Crippen molar-refractivity contribution >= 4 is 34.1 Å². The summed E-state index contributed by atoms with van der Waals surface area (Å²) in [4.78, 5) is 16.0. The van der Waals surface area contributed by atoms with E-state index in [0.29, 0.717) is 23.0 Å². The number of aryl methyl sites for hydroxylation is 1. The van der Waals surface area contributed by atoms with Gasteiger partial charge in [-0.2, -0.15) is 5.10 Å². The first-order valence-corrected chi connectivity index (χ1v) is 9.59. The maximum absolute atomic E-state index is 12.9. The summed E-state index contributed by atoms with van der Waals surface area (Å²) >= 11 is 6.12. The minimum Gasteiger partial charge on any atom is -0.496 e. The molecule has 0 spiro atoms. The van der Waals surface area contributed by atoms with Crippen molar-refractivity contribution in [2.24, 2.45) is 0 Å². The lowest BCUT2D eigenvalue weighted by atomic mass is 10.2. The molecule has 2 aromatic carbocycles. The second-order valence-electron chi connectivity index (χ2n) is 6.90. The lowest BCUT2D eigenvalue weighted by molar-refractivity contribution is 0.102. The number of hydrogen-bond acceptors (Lipinski definition) is 3. The van der Waals surface area contributed by atoms with Crippen LogP contribution in [0.1, 0.15) is 27.4 Å². The third kappa shape index (κ3) is 3.71. The number of ether oxygens (including phenoxy) is 1. The first-order chi connectivity index (χ1) is 14.0. The molecule has 0 radical (unpaired) electrons. The molecule has 0 saturated heterocycles. The average molecular weight is 409 g/mol. The number of nitrogens with one attached hydrogen (secondary N) is 2. The number of methoxy groups -OCH3 is 1. The number of hydrogen-bond donors (Lipinski definition) is 2. The number of anilines is 1. The Labute approximate surface area is 173 Å². The Hall–Kier alpha value is -3.25. The number of aromatic nitrogens is 3. The fourth-order valence-electron chi connectivity index (χ4n) is 3.43. The summed E-state index contributed by atoms with van der Waals surface area (Å²) in [5, 5.41) is 8.92. The molecule has 1 amide bonds. The van der Waals surface area contributed by atoms with Gasteiger partial charge in [0.05, 0.1) is 36.2 Å². The minimum absolute atomic E-state index is 0.246. The van der Waals surface area contributed by atoms with Crippen molar-refractivity contribution in [1.82, 2.24) is 14.8 Å². The van der Waals surface area contributed by atoms with E-state index in [1.807, 2.05) is 36.7 Å². The topological polar surface area (TPSA) is 71.9 Å². The second-order valence-corrected chi connectivity index (χ2v) is 7.33. The second kappa shape index (κ2) is 7.64. The zero-order valence-corrected chi connectivity index (χ0v) is 17.2. The Balaban J connectivity index is 1.61. The number of H-pyrrole nitrogens is 1. The fraction of sp³-hybridized carbons (Fsp3) is 0.182. The van der Waals surface area contributed by atoms with Crippen molar-refractivity contribution in [3.05, 3.63) is 76.2 Å². The number of amides is 1. The van der Waals surface area contributed by atoms with Gasteiger partial charge in [-0.25, -0.2) is 0 Å². The Morgan fingerprint density at radius 1 is 1.21 bits per heavy atom. The lowest BCUT2D eigenvalue weighted by Gasteiger charge is -2.06. The highest BCUT2D eigenvalue weighted by Crippen LogP contribution is 2.31. The SMILES string of the molecule is COc1cc(Cl)cc2[nH]c(C(=O)Nc3c(C)nn(Cc4ccccc4)c3C)cc12. The van der Waals surface area contributed by atoms with E-state index in [1.54, 1.807) is 25.3 Å². The molecule has 0 fully saturated rings. The highest BCUT2D eigenvalue weighted by atomic mass is 35.5. The van der Waals surface area contributed by atoms with Gasteiger partial charge in [0, 0.05) is 10.4 Å². The van der Waals surface area contributed by atoms with Gasteiger partial charge in [-0.15, -0.1) is 0 Å². The van der Waals surface area contributed by atoms with Gasteiger partial charge in [0.1, 0.15) is 11.4 Å². The smallest absolute Gasteiger partial charge is 0.272 e. The molecule has 2 heterocycles. The standard InChI is InChI=1S/C22H21ClN4O2/c1-13-21(14(2)27(26-13)12-15-7-5-4-6-8-15)25-22(28)19-11-17-18(24-19)9-16(23)10-20(17)29-3/h4-11,24H,12H2,1-3H3,(H,25,28). The molecule has 6 nitrogen and oxygen atoms in total. The summed E-state index contributed by atoms with van der Waals surface area (Å²) in [6, 6.07) is 15.3. The zero-order valence-electron chi connectivity index (χ0n) is 16.4. The van der Waals surface area contributed by atoms with E-state index in [9.17, 15) is 4.79 Å². The predicted octanol–water partition coefficient (Wildman–Crippen LogP) is 4.94. The fourth-order valence-corrected chi connectivity index (χ4v) is 3.64. The van der Waals surface area contributed by atoms with Crippen LogP contribution in [0.15, 0.2) is 48.5 Å². The molecule has 7 heteroatoms. The van der Waals surface area contributed by atoms with Gasteiger partial charge >= 0.3 is 0 Å². The summed E-state index contributed by atoms with van der Waals surface area (Å²) in [6.07, 6.45) is 0. The van der Waals surface area contributed by atoms with Gasteiger partial charge in [0.15, 0.2) is 0 Å². The number of carbonyl (C=O) groups is 1. The lowest BCUT2D eigenvalue weighted by Crippen LogP contribution is -2.13. The van der Waals surface area contributed by atoms with Crippen LogP contribution in [-0.2, 0) is 6.54 Å². The molecule has 29 heavy (non-hydrogen) atoms. The molecule has 4 rings (SSSR count).